The lowest BCUT2D eigenvalue weighted by molar-refractivity contribution is -0.234. The second-order valence-electron chi connectivity index (χ2n) is 25.3. The van der Waals surface area contributed by atoms with Crippen LogP contribution in [-0.2, 0) is 68.5 Å². The smallest absolute Gasteiger partial charge is 0.246 e. The van der Waals surface area contributed by atoms with E-state index in [1.54, 1.807) is 25.7 Å². The van der Waals surface area contributed by atoms with Crippen LogP contribution in [0.15, 0.2) is 90.5 Å². The maximum absolute atomic E-state index is 18.0. The zero-order chi connectivity index (χ0) is 66.7. The zero-order valence-electron chi connectivity index (χ0n) is 54.0. The van der Waals surface area contributed by atoms with Crippen molar-refractivity contribution in [1.82, 2.24) is 16.0 Å². The highest BCUT2D eigenvalue weighted by Crippen LogP contribution is 2.72. The Bertz CT molecular complexity index is 3370. The number of nitrogens with zero attached hydrogens (tertiary/aromatic N) is 1. The van der Waals surface area contributed by atoms with E-state index in [9.17, 15) is 38.7 Å². The molecule has 3 aromatic carbocycles. The number of aliphatic hydroxyl groups is 1. The van der Waals surface area contributed by atoms with E-state index in [0.29, 0.717) is 45.8 Å². The quantitative estimate of drug-likeness (QED) is 0.0330. The Morgan fingerprint density at radius 1 is 0.806 bits per heavy atom. The molecule has 12 atom stereocenters. The Morgan fingerprint density at radius 3 is 2.19 bits per heavy atom. The Morgan fingerprint density at radius 2 is 1.48 bits per heavy atom. The molecule has 23 heteroatoms. The largest absolute Gasteiger partial charge is 0.494 e. The SMILES string of the molecule is CCCC1O[C@@H]2C[C@H]3[C@@H]4C[C@H](F)C5=CC(=O)C=C[C@]5(C)[C@@]4(F)[C@@H](O)C[C@]3(C)[C@]2(C(=O)COc2ccc(NC(=O)[C@H](C)NC(=O)[C@@H](NC(=O)CCOCCOCCOCCOCCNC(=O)CCC(=O)N3Cc4ccccc4C#Cc4ccccc43)C(C)C)c(OC)c2)O1. The molecule has 4 aliphatic carbocycles. The molecule has 0 radical (unpaired) electrons. The predicted octanol–water partition coefficient (Wildman–Crippen LogP) is 6.74. The number of aliphatic hydroxyl groups excluding tert-OH is 1. The maximum Gasteiger partial charge on any atom is 0.246 e. The minimum absolute atomic E-state index is 0.00337. The number of alkyl halides is 2. The molecule has 93 heavy (non-hydrogen) atoms. The van der Waals surface area contributed by atoms with E-state index in [2.05, 4.69) is 33.1 Å². The molecule has 2 aliphatic heterocycles. The lowest BCUT2D eigenvalue weighted by Crippen LogP contribution is -2.71. The van der Waals surface area contributed by atoms with Crippen molar-refractivity contribution in [3.8, 4) is 23.3 Å². The number of halogens is 2. The first kappa shape index (κ1) is 69.9. The van der Waals surface area contributed by atoms with Gasteiger partial charge in [-0.3, -0.25) is 33.6 Å². The number of rotatable bonds is 31. The Hall–Kier alpha value is -7.43. The van der Waals surface area contributed by atoms with Gasteiger partial charge >= 0.3 is 0 Å². The number of para-hydroxylation sites is 1. The van der Waals surface area contributed by atoms with Crippen molar-refractivity contribution in [3.63, 3.8) is 0 Å². The van der Waals surface area contributed by atoms with Crippen molar-refractivity contribution in [3.05, 3.63) is 107 Å². The molecule has 0 aromatic heterocycles. The third-order valence-electron chi connectivity index (χ3n) is 19.1. The summed E-state index contributed by atoms with van der Waals surface area (Å²) in [5.41, 5.74) is -3.36. The van der Waals surface area contributed by atoms with Crippen LogP contribution in [0.1, 0.15) is 110 Å². The molecular formula is C70H87F2N5O16. The molecule has 3 aromatic rings. The monoisotopic (exact) mass is 1290 g/mol. The summed E-state index contributed by atoms with van der Waals surface area (Å²) in [5, 5.41) is 22.9. The molecule has 4 fully saturated rings. The molecule has 2 heterocycles. The van der Waals surface area contributed by atoms with E-state index in [1.807, 2.05) is 55.5 Å². The van der Waals surface area contributed by atoms with E-state index in [4.69, 9.17) is 37.9 Å². The summed E-state index contributed by atoms with van der Waals surface area (Å²) in [7, 11) is 1.38. The highest BCUT2D eigenvalue weighted by atomic mass is 19.1. The number of anilines is 2. The van der Waals surface area contributed by atoms with Gasteiger partial charge in [-0.2, -0.15) is 0 Å². The van der Waals surface area contributed by atoms with Crippen LogP contribution in [0.3, 0.4) is 0 Å². The summed E-state index contributed by atoms with van der Waals surface area (Å²) in [4.78, 5) is 94.9. The van der Waals surface area contributed by atoms with Crippen LogP contribution in [0, 0.1) is 40.4 Å². The maximum atomic E-state index is 18.0. The Balaban J connectivity index is 0.638. The third-order valence-corrected chi connectivity index (χ3v) is 19.1. The number of nitrogens with one attached hydrogen (secondary N) is 4. The number of fused-ring (bicyclic) bond motifs is 9. The van der Waals surface area contributed by atoms with Gasteiger partial charge in [0.15, 0.2) is 23.3 Å². The topological polar surface area (TPSA) is 265 Å². The number of ketones is 2. The van der Waals surface area contributed by atoms with Crippen molar-refractivity contribution in [2.24, 2.45) is 28.6 Å². The fourth-order valence-corrected chi connectivity index (χ4v) is 14.2. The standard InChI is InChI=1S/C70H87F2N5O16/c1-8-13-63-92-59-39-50-51-38-53(71)52-36-48(78)24-26-67(52,5)69(51,72)57(79)40-68(50,6)70(59,93-63)58(80)42-91-49-20-21-54(56(37-49)86-7)75-65(84)44(4)74-66(85)64(43(2)3)76-61(82)25-28-87-30-32-89-34-35-90-33-31-88-29-27-73-60(81)22-23-62(83)77-41-47-16-10-9-14-45(47)18-19-46-15-11-12-17-55(46)77/h9-12,14-17,20-21,24,26,36-37,43-44,50-51,53,57,59,63-64,79H,8,13,22-23,25,27-35,38-42H2,1-7H3,(H,73,81)(H,74,85)(H,75,84)(H,76,82)/t44-,50-,51-,53-,57-,59+,63?,64-,67-,68-,69-,70+/m0/s1. The van der Waals surface area contributed by atoms with Crippen molar-refractivity contribution in [1.29, 1.82) is 0 Å². The van der Waals surface area contributed by atoms with Gasteiger partial charge in [0.2, 0.25) is 35.3 Å². The first-order valence-electron chi connectivity index (χ1n) is 32.2. The van der Waals surface area contributed by atoms with Crippen LogP contribution < -0.4 is 35.6 Å². The van der Waals surface area contributed by atoms with Crippen molar-refractivity contribution >= 4 is 52.5 Å². The summed E-state index contributed by atoms with van der Waals surface area (Å²) in [5.74, 6) is 1.71. The van der Waals surface area contributed by atoms with Gasteiger partial charge in [0.1, 0.15) is 36.4 Å². The summed E-state index contributed by atoms with van der Waals surface area (Å²) >= 11 is 0. The number of benzene rings is 3. The molecule has 9 rings (SSSR count). The normalized spacial score (nSPS) is 27.0. The van der Waals surface area contributed by atoms with Gasteiger partial charge in [-0.1, -0.05) is 82.4 Å². The molecule has 6 aliphatic rings. The Kier molecular flexibility index (Phi) is 23.1. The number of carbonyl (C=O) groups excluding carboxylic acids is 7. The summed E-state index contributed by atoms with van der Waals surface area (Å²) in [6.45, 7) is 12.4. The number of allylic oxidation sites excluding steroid dienone is 4. The van der Waals surface area contributed by atoms with E-state index in [-0.39, 0.29) is 112 Å². The van der Waals surface area contributed by atoms with Crippen LogP contribution >= 0.6 is 0 Å². The van der Waals surface area contributed by atoms with Crippen LogP contribution in [-0.4, -0.2) is 167 Å². The number of ether oxygens (including phenoxy) is 8. The molecule has 502 valence electrons. The zero-order valence-corrected chi connectivity index (χ0v) is 54.0. The highest BCUT2D eigenvalue weighted by molar-refractivity contribution is 6.02. The molecule has 1 unspecified atom stereocenters. The fourth-order valence-electron chi connectivity index (χ4n) is 14.2. The number of amides is 5. The average Bonchev–Trinajstić information content (AvgIpc) is 1.58. The first-order chi connectivity index (χ1) is 44.6. The number of hydrogen-bond donors (Lipinski definition) is 5. The van der Waals surface area contributed by atoms with E-state index in [1.165, 1.54) is 51.3 Å². The fraction of sp³-hybridized carbons (Fsp3) is 0.557. The van der Waals surface area contributed by atoms with Crippen molar-refractivity contribution in [2.45, 2.75) is 147 Å². The number of methoxy groups -OCH3 is 1. The van der Waals surface area contributed by atoms with Gasteiger partial charge in [0, 0.05) is 59.7 Å². The molecule has 0 spiro atoms. The van der Waals surface area contributed by atoms with Gasteiger partial charge < -0.3 is 69.2 Å². The van der Waals surface area contributed by atoms with Gasteiger partial charge in [-0.05, 0) is 105 Å². The van der Waals surface area contributed by atoms with E-state index < -0.39 is 107 Å². The minimum Gasteiger partial charge on any atom is -0.494 e. The van der Waals surface area contributed by atoms with Crippen LogP contribution in [0.25, 0.3) is 0 Å². The highest BCUT2D eigenvalue weighted by Gasteiger charge is 2.80. The second-order valence-corrected chi connectivity index (χ2v) is 25.3. The molecule has 1 saturated heterocycles. The molecule has 3 saturated carbocycles. The number of hydrogen-bond acceptors (Lipinski definition) is 16. The average molecular weight is 1290 g/mol. The molecule has 21 nitrogen and oxygen atoms in total. The Labute approximate surface area is 541 Å². The predicted molar refractivity (Wildman–Crippen MR) is 338 cm³/mol. The van der Waals surface area contributed by atoms with Gasteiger partial charge in [-0.15, -0.1) is 0 Å². The lowest BCUT2D eigenvalue weighted by Gasteiger charge is -2.63. The van der Waals surface area contributed by atoms with Gasteiger partial charge in [0.05, 0.1) is 90.1 Å². The summed E-state index contributed by atoms with van der Waals surface area (Å²) < 4.78 is 81.2. The first-order valence-corrected chi connectivity index (χ1v) is 32.2. The number of carbonyl (C=O) groups is 7. The van der Waals surface area contributed by atoms with Gasteiger partial charge in [-0.25, -0.2) is 8.78 Å². The molecule has 5 N–H and O–H groups in total. The second kappa shape index (κ2) is 30.8. The molecule has 0 bridgehead atoms. The van der Waals surface area contributed by atoms with Gasteiger partial charge in [0.25, 0.3) is 0 Å². The third kappa shape index (κ3) is 15.1. The van der Waals surface area contributed by atoms with Crippen molar-refractivity contribution < 1.29 is 85.3 Å². The molecule has 5 amide bonds. The lowest BCUT2D eigenvalue weighted by atomic mass is 9.44. The van der Waals surface area contributed by atoms with E-state index in [0.717, 1.165) is 28.5 Å². The van der Waals surface area contributed by atoms with E-state index >= 15 is 8.78 Å². The van der Waals surface area contributed by atoms with Crippen LogP contribution in [0.4, 0.5) is 20.2 Å². The summed E-state index contributed by atoms with van der Waals surface area (Å²) in [6, 6.07) is 17.7. The number of Topliss-reactive ketones (excluding diaryl/α,β-unsaturated/α-hetero) is 1. The van der Waals surface area contributed by atoms with Crippen molar-refractivity contribution in [2.75, 3.05) is 83.3 Å². The van der Waals surface area contributed by atoms with Crippen LogP contribution in [0.5, 0.6) is 11.5 Å². The van der Waals surface area contributed by atoms with Crippen LogP contribution in [0.2, 0.25) is 0 Å². The summed E-state index contributed by atoms with van der Waals surface area (Å²) in [6.07, 6.45) is -0.338. The molecular weight excluding hydrogens is 1200 g/mol. The minimum atomic E-state index is -2.36.